The number of carbonyl (C=O) groups excluding carboxylic acids is 1. The van der Waals surface area contributed by atoms with E-state index in [1.807, 2.05) is 19.9 Å². The summed E-state index contributed by atoms with van der Waals surface area (Å²) in [5.41, 5.74) is -0.0261. The maximum absolute atomic E-state index is 11.9. The number of amides is 1. The van der Waals surface area contributed by atoms with Crippen LogP contribution in [0.4, 0.5) is 4.79 Å². The fourth-order valence-electron chi connectivity index (χ4n) is 1.99. The molecule has 21 heavy (non-hydrogen) atoms. The molecule has 1 heterocycles. The summed E-state index contributed by atoms with van der Waals surface area (Å²) >= 11 is 0. The molecule has 0 aliphatic heterocycles. The van der Waals surface area contributed by atoms with Crippen LogP contribution in [0.15, 0.2) is 24.4 Å². The number of rotatable bonds is 5. The van der Waals surface area contributed by atoms with E-state index in [2.05, 4.69) is 10.3 Å². The lowest BCUT2D eigenvalue weighted by molar-refractivity contribution is 0.0397. The quantitative estimate of drug-likeness (QED) is 0.875. The van der Waals surface area contributed by atoms with Gasteiger partial charge in [0.05, 0.1) is 11.7 Å². The van der Waals surface area contributed by atoms with Gasteiger partial charge in [-0.3, -0.25) is 4.98 Å². The smallest absolute Gasteiger partial charge is 0.407 e. The number of hydrogen-bond acceptors (Lipinski definition) is 4. The Bertz CT molecular complexity index is 441. The third-order valence-corrected chi connectivity index (χ3v) is 2.80. The number of nitrogens with zero attached hydrogens (tertiary/aromatic N) is 1. The average molecular weight is 294 g/mol. The molecule has 0 spiro atoms. The van der Waals surface area contributed by atoms with Gasteiger partial charge >= 0.3 is 6.09 Å². The monoisotopic (exact) mass is 294 g/mol. The van der Waals surface area contributed by atoms with Crippen LogP contribution in [0.2, 0.25) is 0 Å². The summed E-state index contributed by atoms with van der Waals surface area (Å²) in [4.78, 5) is 16.1. The number of nitrogens with one attached hydrogen (secondary N) is 1. The lowest BCUT2D eigenvalue weighted by atomic mass is 9.97. The normalized spacial score (nSPS) is 14.6. The summed E-state index contributed by atoms with van der Waals surface area (Å²) in [5, 5.41) is 13.2. The molecule has 2 atom stereocenters. The molecule has 1 rings (SSSR count). The van der Waals surface area contributed by atoms with Crippen LogP contribution in [-0.4, -0.2) is 27.8 Å². The van der Waals surface area contributed by atoms with Gasteiger partial charge in [-0.05, 0) is 45.2 Å². The Hall–Kier alpha value is -1.62. The van der Waals surface area contributed by atoms with Gasteiger partial charge in [-0.25, -0.2) is 4.79 Å². The van der Waals surface area contributed by atoms with Gasteiger partial charge in [-0.1, -0.05) is 19.9 Å². The Kier molecular flexibility index (Phi) is 6.15. The molecule has 1 aromatic rings. The standard InChI is InChI=1S/C16H26N2O3/c1-11(2)10-13(18-15(20)21-16(3,4)5)14(19)12-8-6-7-9-17-12/h6-9,11,13-14,19H,10H2,1-5H3,(H,18,20)/t13-,14-/m0/s1. The first kappa shape index (κ1) is 17.4. The molecular formula is C16H26N2O3. The molecule has 0 fully saturated rings. The number of ether oxygens (including phenoxy) is 1. The third kappa shape index (κ3) is 6.58. The van der Waals surface area contributed by atoms with E-state index in [9.17, 15) is 9.90 Å². The van der Waals surface area contributed by atoms with Gasteiger partial charge in [-0.2, -0.15) is 0 Å². The molecule has 0 aromatic carbocycles. The maximum atomic E-state index is 11.9. The summed E-state index contributed by atoms with van der Waals surface area (Å²) < 4.78 is 5.25. The van der Waals surface area contributed by atoms with E-state index in [0.717, 1.165) is 0 Å². The lowest BCUT2D eigenvalue weighted by Gasteiger charge is -2.27. The van der Waals surface area contributed by atoms with Crippen LogP contribution in [0.25, 0.3) is 0 Å². The van der Waals surface area contributed by atoms with Gasteiger partial charge in [0.15, 0.2) is 0 Å². The first-order chi connectivity index (χ1) is 9.69. The number of aliphatic hydroxyl groups excluding tert-OH is 1. The molecule has 2 N–H and O–H groups in total. The predicted molar refractivity (Wildman–Crippen MR) is 81.8 cm³/mol. The van der Waals surface area contributed by atoms with E-state index in [1.165, 1.54) is 0 Å². The van der Waals surface area contributed by atoms with E-state index in [1.54, 1.807) is 39.1 Å². The molecule has 0 radical (unpaired) electrons. The summed E-state index contributed by atoms with van der Waals surface area (Å²) in [6, 6.07) is 4.91. The van der Waals surface area contributed by atoms with Crippen LogP contribution >= 0.6 is 0 Å². The molecule has 0 bridgehead atoms. The van der Waals surface area contributed by atoms with E-state index in [0.29, 0.717) is 18.0 Å². The first-order valence-electron chi connectivity index (χ1n) is 7.27. The van der Waals surface area contributed by atoms with Crippen LogP contribution in [0.5, 0.6) is 0 Å². The van der Waals surface area contributed by atoms with E-state index in [4.69, 9.17) is 4.74 Å². The highest BCUT2D eigenvalue weighted by molar-refractivity contribution is 5.68. The van der Waals surface area contributed by atoms with Crippen LogP contribution in [0, 0.1) is 5.92 Å². The number of alkyl carbamates (subject to hydrolysis) is 1. The zero-order valence-electron chi connectivity index (χ0n) is 13.5. The minimum absolute atomic E-state index is 0.322. The Labute approximate surface area is 126 Å². The predicted octanol–water partition coefficient (Wildman–Crippen LogP) is 3.05. The van der Waals surface area contributed by atoms with Crippen molar-refractivity contribution in [3.8, 4) is 0 Å². The van der Waals surface area contributed by atoms with Crippen LogP contribution in [0.1, 0.15) is 52.8 Å². The van der Waals surface area contributed by atoms with E-state index in [-0.39, 0.29) is 0 Å². The van der Waals surface area contributed by atoms with Crippen LogP contribution in [-0.2, 0) is 4.74 Å². The Morgan fingerprint density at radius 2 is 2.05 bits per heavy atom. The molecule has 1 amide bonds. The van der Waals surface area contributed by atoms with Crippen molar-refractivity contribution in [3.63, 3.8) is 0 Å². The van der Waals surface area contributed by atoms with Gasteiger partial charge in [0.1, 0.15) is 11.7 Å². The van der Waals surface area contributed by atoms with Gasteiger partial charge in [-0.15, -0.1) is 0 Å². The number of hydrogen-bond donors (Lipinski definition) is 2. The minimum atomic E-state index is -0.860. The maximum Gasteiger partial charge on any atom is 0.407 e. The minimum Gasteiger partial charge on any atom is -0.444 e. The Morgan fingerprint density at radius 3 is 2.52 bits per heavy atom. The highest BCUT2D eigenvalue weighted by atomic mass is 16.6. The largest absolute Gasteiger partial charge is 0.444 e. The molecule has 0 saturated heterocycles. The van der Waals surface area contributed by atoms with Gasteiger partial charge in [0.2, 0.25) is 0 Å². The van der Waals surface area contributed by atoms with Crippen molar-refractivity contribution in [1.82, 2.24) is 10.3 Å². The van der Waals surface area contributed by atoms with Crippen LogP contribution < -0.4 is 5.32 Å². The number of aliphatic hydroxyl groups is 1. The van der Waals surface area contributed by atoms with Crippen molar-refractivity contribution < 1.29 is 14.6 Å². The summed E-state index contributed by atoms with van der Waals surface area (Å²) in [6.07, 6.45) is 0.874. The zero-order chi connectivity index (χ0) is 16.0. The molecule has 0 saturated carbocycles. The van der Waals surface area contributed by atoms with Crippen molar-refractivity contribution >= 4 is 6.09 Å². The number of pyridine rings is 1. The van der Waals surface area contributed by atoms with Crippen LogP contribution in [0.3, 0.4) is 0 Å². The topological polar surface area (TPSA) is 71.5 Å². The Balaban J connectivity index is 2.78. The second-order valence-electron chi connectivity index (χ2n) is 6.58. The fraction of sp³-hybridized carbons (Fsp3) is 0.625. The molecule has 5 heteroatoms. The lowest BCUT2D eigenvalue weighted by Crippen LogP contribution is -2.43. The molecule has 0 unspecified atom stereocenters. The van der Waals surface area contributed by atoms with Crippen molar-refractivity contribution in [2.45, 2.75) is 58.8 Å². The molecule has 0 aliphatic rings. The molecule has 5 nitrogen and oxygen atoms in total. The van der Waals surface area contributed by atoms with Crippen molar-refractivity contribution in [1.29, 1.82) is 0 Å². The second-order valence-corrected chi connectivity index (χ2v) is 6.58. The van der Waals surface area contributed by atoms with Gasteiger partial charge in [0, 0.05) is 6.20 Å². The second kappa shape index (κ2) is 7.41. The highest BCUT2D eigenvalue weighted by Gasteiger charge is 2.27. The first-order valence-corrected chi connectivity index (χ1v) is 7.27. The molecule has 118 valence electrons. The molecular weight excluding hydrogens is 268 g/mol. The summed E-state index contributed by atoms with van der Waals surface area (Å²) in [5.74, 6) is 0.322. The SMILES string of the molecule is CC(C)C[C@H](NC(=O)OC(C)(C)C)[C@@H](O)c1ccccn1. The van der Waals surface area contributed by atoms with Gasteiger partial charge < -0.3 is 15.2 Å². The summed E-state index contributed by atoms with van der Waals surface area (Å²) in [7, 11) is 0. The zero-order valence-corrected chi connectivity index (χ0v) is 13.5. The highest BCUT2D eigenvalue weighted by Crippen LogP contribution is 2.20. The molecule has 1 aromatic heterocycles. The summed E-state index contributed by atoms with van der Waals surface area (Å²) in [6.45, 7) is 9.49. The Morgan fingerprint density at radius 1 is 1.38 bits per heavy atom. The fourth-order valence-corrected chi connectivity index (χ4v) is 1.99. The molecule has 0 aliphatic carbocycles. The van der Waals surface area contributed by atoms with E-state index < -0.39 is 23.8 Å². The van der Waals surface area contributed by atoms with E-state index >= 15 is 0 Å². The van der Waals surface area contributed by atoms with Gasteiger partial charge in [0.25, 0.3) is 0 Å². The third-order valence-electron chi connectivity index (χ3n) is 2.80. The number of carbonyl (C=O) groups is 1. The number of aromatic nitrogens is 1. The van der Waals surface area contributed by atoms with Crippen molar-refractivity contribution in [2.75, 3.05) is 0 Å². The average Bonchev–Trinajstić information content (AvgIpc) is 2.35. The van der Waals surface area contributed by atoms with Crippen molar-refractivity contribution in [3.05, 3.63) is 30.1 Å². The van der Waals surface area contributed by atoms with Crippen molar-refractivity contribution in [2.24, 2.45) is 5.92 Å².